The zero-order valence-corrected chi connectivity index (χ0v) is 12.8. The lowest BCUT2D eigenvalue weighted by Crippen LogP contribution is -2.47. The van der Waals surface area contributed by atoms with Gasteiger partial charge in [-0.25, -0.2) is 4.39 Å². The second kappa shape index (κ2) is 6.42. The van der Waals surface area contributed by atoms with Crippen LogP contribution in [-0.2, 0) is 11.2 Å². The third-order valence-corrected chi connectivity index (χ3v) is 4.92. The Morgan fingerprint density at radius 1 is 1.45 bits per heavy atom. The molecule has 1 aliphatic carbocycles. The zero-order chi connectivity index (χ0) is 14.8. The van der Waals surface area contributed by atoms with Gasteiger partial charge in [-0.1, -0.05) is 18.5 Å². The highest BCUT2D eigenvalue weighted by Gasteiger charge is 2.40. The summed E-state index contributed by atoms with van der Waals surface area (Å²) in [6, 6.07) is 4.24. The van der Waals surface area contributed by atoms with E-state index in [0.29, 0.717) is 22.9 Å². The molecule has 1 aromatic rings. The maximum atomic E-state index is 13.3. The Morgan fingerprint density at radius 2 is 2.10 bits per heavy atom. The van der Waals surface area contributed by atoms with E-state index in [2.05, 4.69) is 6.92 Å². The molecule has 1 aliphatic rings. The highest BCUT2D eigenvalue weighted by Crippen LogP contribution is 2.38. The number of benzene rings is 1. The molecule has 0 saturated heterocycles. The van der Waals surface area contributed by atoms with Gasteiger partial charge in [0.05, 0.1) is 11.7 Å². The van der Waals surface area contributed by atoms with Crippen LogP contribution in [0.1, 0.15) is 38.2 Å². The smallest absolute Gasteiger partial charge is 0.123 e. The van der Waals surface area contributed by atoms with Crippen LogP contribution in [0, 0.1) is 11.7 Å². The number of hydrogen-bond acceptors (Lipinski definition) is 2. The number of aliphatic hydroxyl groups excluding tert-OH is 1. The molecule has 2 rings (SSSR count). The summed E-state index contributed by atoms with van der Waals surface area (Å²) in [6.45, 7) is 2.22. The average Bonchev–Trinajstić information content (AvgIpc) is 2.44. The summed E-state index contributed by atoms with van der Waals surface area (Å²) in [7, 11) is 1.65. The highest BCUT2D eigenvalue weighted by molar-refractivity contribution is 6.31. The van der Waals surface area contributed by atoms with E-state index in [0.717, 1.165) is 25.7 Å². The predicted molar refractivity (Wildman–Crippen MR) is 78.5 cm³/mol. The molecular weight excluding hydrogens is 279 g/mol. The van der Waals surface area contributed by atoms with Gasteiger partial charge in [0.25, 0.3) is 0 Å². The van der Waals surface area contributed by atoms with Gasteiger partial charge in [-0.05, 0) is 55.4 Å². The fourth-order valence-corrected chi connectivity index (χ4v) is 3.21. The Labute approximate surface area is 124 Å². The number of ether oxygens (including phenoxy) is 1. The van der Waals surface area contributed by atoms with Crippen LogP contribution in [0.3, 0.4) is 0 Å². The Morgan fingerprint density at radius 3 is 2.70 bits per heavy atom. The molecule has 112 valence electrons. The molecule has 1 saturated carbocycles. The molecule has 0 amide bonds. The van der Waals surface area contributed by atoms with Crippen LogP contribution in [0.15, 0.2) is 18.2 Å². The van der Waals surface area contributed by atoms with E-state index in [-0.39, 0.29) is 5.82 Å². The van der Waals surface area contributed by atoms with Crippen LogP contribution in [0.25, 0.3) is 0 Å². The molecule has 0 bridgehead atoms. The molecule has 0 aromatic heterocycles. The molecule has 0 spiro atoms. The maximum Gasteiger partial charge on any atom is 0.123 e. The Hall–Kier alpha value is -0.640. The molecule has 1 aromatic carbocycles. The van der Waals surface area contributed by atoms with Crippen molar-refractivity contribution in [2.45, 2.75) is 50.7 Å². The maximum absolute atomic E-state index is 13.3. The Balaban J connectivity index is 2.13. The van der Waals surface area contributed by atoms with Gasteiger partial charge in [0.2, 0.25) is 0 Å². The van der Waals surface area contributed by atoms with Crippen LogP contribution >= 0.6 is 11.6 Å². The fourth-order valence-electron chi connectivity index (χ4n) is 3.02. The minimum absolute atomic E-state index is 0.318. The molecule has 1 unspecified atom stereocenters. The van der Waals surface area contributed by atoms with Crippen LogP contribution < -0.4 is 0 Å². The first kappa shape index (κ1) is 15.7. The first-order valence-electron chi connectivity index (χ1n) is 7.14. The standard InChI is InChI=1S/C16H22ClFO2/c1-11-5-7-16(20-2,8-6-11)15(19)10-12-9-13(18)3-4-14(12)17/h3-4,9,11,15,19H,5-8,10H2,1-2H3. The fraction of sp³-hybridized carbons (Fsp3) is 0.625. The number of methoxy groups -OCH3 is 1. The predicted octanol–water partition coefficient (Wildman–Crippen LogP) is 3.98. The lowest BCUT2D eigenvalue weighted by atomic mass is 9.75. The second-order valence-electron chi connectivity index (χ2n) is 5.91. The number of halogens is 2. The van der Waals surface area contributed by atoms with E-state index < -0.39 is 11.7 Å². The minimum atomic E-state index is -0.667. The summed E-state index contributed by atoms with van der Waals surface area (Å²) in [5.74, 6) is 0.337. The summed E-state index contributed by atoms with van der Waals surface area (Å²) in [5, 5.41) is 11.1. The van der Waals surface area contributed by atoms with Crippen molar-refractivity contribution in [3.05, 3.63) is 34.6 Å². The van der Waals surface area contributed by atoms with Gasteiger partial charge in [0, 0.05) is 18.6 Å². The number of hydrogen-bond donors (Lipinski definition) is 1. The molecule has 4 heteroatoms. The third kappa shape index (κ3) is 3.33. The van der Waals surface area contributed by atoms with E-state index in [9.17, 15) is 9.50 Å². The van der Waals surface area contributed by atoms with Crippen molar-refractivity contribution in [3.8, 4) is 0 Å². The van der Waals surface area contributed by atoms with Gasteiger partial charge in [0.15, 0.2) is 0 Å². The molecule has 0 aliphatic heterocycles. The number of aliphatic hydroxyl groups is 1. The third-order valence-electron chi connectivity index (χ3n) is 4.56. The summed E-state index contributed by atoms with van der Waals surface area (Å²) in [4.78, 5) is 0. The van der Waals surface area contributed by atoms with E-state index in [1.54, 1.807) is 7.11 Å². The minimum Gasteiger partial charge on any atom is -0.390 e. The van der Waals surface area contributed by atoms with Crippen molar-refractivity contribution in [2.24, 2.45) is 5.92 Å². The largest absolute Gasteiger partial charge is 0.390 e. The monoisotopic (exact) mass is 300 g/mol. The summed E-state index contributed by atoms with van der Waals surface area (Å²) in [6.07, 6.45) is 3.40. The van der Waals surface area contributed by atoms with Crippen molar-refractivity contribution in [3.63, 3.8) is 0 Å². The highest BCUT2D eigenvalue weighted by atomic mass is 35.5. The van der Waals surface area contributed by atoms with Crippen molar-refractivity contribution in [2.75, 3.05) is 7.11 Å². The van der Waals surface area contributed by atoms with Crippen LogP contribution in [-0.4, -0.2) is 23.9 Å². The molecule has 1 atom stereocenters. The molecule has 1 fully saturated rings. The van der Waals surface area contributed by atoms with E-state index in [1.165, 1.54) is 18.2 Å². The Bertz CT molecular complexity index is 456. The summed E-state index contributed by atoms with van der Waals surface area (Å²) < 4.78 is 18.9. The second-order valence-corrected chi connectivity index (χ2v) is 6.31. The van der Waals surface area contributed by atoms with E-state index >= 15 is 0 Å². The lowest BCUT2D eigenvalue weighted by Gasteiger charge is -2.41. The molecule has 1 N–H and O–H groups in total. The lowest BCUT2D eigenvalue weighted by molar-refractivity contribution is -0.127. The SMILES string of the molecule is COC1(C(O)Cc2cc(F)ccc2Cl)CCC(C)CC1. The molecular formula is C16H22ClFO2. The van der Waals surface area contributed by atoms with Gasteiger partial charge >= 0.3 is 0 Å². The van der Waals surface area contributed by atoms with Crippen LogP contribution in [0.5, 0.6) is 0 Å². The van der Waals surface area contributed by atoms with E-state index in [1.807, 2.05) is 0 Å². The molecule has 20 heavy (non-hydrogen) atoms. The van der Waals surface area contributed by atoms with Crippen molar-refractivity contribution < 1.29 is 14.2 Å². The quantitative estimate of drug-likeness (QED) is 0.911. The van der Waals surface area contributed by atoms with Crippen molar-refractivity contribution in [1.29, 1.82) is 0 Å². The molecule has 0 radical (unpaired) electrons. The van der Waals surface area contributed by atoms with Crippen molar-refractivity contribution >= 4 is 11.6 Å². The first-order chi connectivity index (χ1) is 9.47. The van der Waals surface area contributed by atoms with Gasteiger partial charge in [0.1, 0.15) is 5.82 Å². The normalized spacial score (nSPS) is 28.4. The average molecular weight is 301 g/mol. The zero-order valence-electron chi connectivity index (χ0n) is 12.0. The van der Waals surface area contributed by atoms with Gasteiger partial charge in [-0.2, -0.15) is 0 Å². The van der Waals surface area contributed by atoms with Crippen LogP contribution in [0.4, 0.5) is 4.39 Å². The van der Waals surface area contributed by atoms with Crippen molar-refractivity contribution in [1.82, 2.24) is 0 Å². The van der Waals surface area contributed by atoms with Gasteiger partial charge in [-0.15, -0.1) is 0 Å². The molecule has 0 heterocycles. The number of rotatable bonds is 4. The Kier molecular flexibility index (Phi) is 5.05. The summed E-state index contributed by atoms with van der Waals surface area (Å²) >= 11 is 6.07. The van der Waals surface area contributed by atoms with Gasteiger partial charge in [-0.3, -0.25) is 0 Å². The van der Waals surface area contributed by atoms with Gasteiger partial charge < -0.3 is 9.84 Å². The topological polar surface area (TPSA) is 29.5 Å². The van der Waals surface area contributed by atoms with E-state index in [4.69, 9.17) is 16.3 Å². The first-order valence-corrected chi connectivity index (χ1v) is 7.52. The summed E-state index contributed by atoms with van der Waals surface area (Å²) in [5.41, 5.74) is 0.108. The molecule has 2 nitrogen and oxygen atoms in total. The van der Waals surface area contributed by atoms with Crippen LogP contribution in [0.2, 0.25) is 5.02 Å².